The average Bonchev–Trinajstić information content (AvgIpc) is 2.21. The molecule has 0 aliphatic rings. The van der Waals surface area contributed by atoms with Gasteiger partial charge in [0.2, 0.25) is 0 Å². The molecule has 1 aromatic heterocycles. The molecule has 1 heterocycles. The number of hydrogen-bond acceptors (Lipinski definition) is 3. The highest BCUT2D eigenvalue weighted by Crippen LogP contribution is 2.15. The quantitative estimate of drug-likeness (QED) is 0.804. The first kappa shape index (κ1) is 13.4. The van der Waals surface area contributed by atoms with Crippen LogP contribution in [0.15, 0.2) is 18.3 Å². The number of rotatable bonds is 5. The summed E-state index contributed by atoms with van der Waals surface area (Å²) >= 11 is 5.74. The maximum atomic E-state index is 5.74. The molecule has 0 amide bonds. The molecule has 0 fully saturated rings. The van der Waals surface area contributed by atoms with Crippen LogP contribution in [-0.2, 0) is 6.54 Å². The molecule has 0 aliphatic carbocycles. The Morgan fingerprint density at radius 3 is 2.62 bits per heavy atom. The van der Waals surface area contributed by atoms with E-state index in [-0.39, 0.29) is 5.41 Å². The van der Waals surface area contributed by atoms with E-state index in [0.717, 1.165) is 13.1 Å². The van der Waals surface area contributed by atoms with Crippen molar-refractivity contribution in [1.29, 1.82) is 0 Å². The van der Waals surface area contributed by atoms with Crippen molar-refractivity contribution in [2.24, 2.45) is 11.1 Å². The Morgan fingerprint density at radius 1 is 1.44 bits per heavy atom. The fraction of sp³-hybridized carbons (Fsp3) is 0.583. The van der Waals surface area contributed by atoms with Gasteiger partial charge in [0.1, 0.15) is 5.15 Å². The van der Waals surface area contributed by atoms with E-state index in [2.05, 4.69) is 30.8 Å². The molecule has 0 aromatic carbocycles. The first-order valence-electron chi connectivity index (χ1n) is 5.42. The standard InChI is InChI=1S/C12H20ClN3/c1-12(2,8-14)9-16(3)7-10-4-5-11(13)15-6-10/h4-6H,7-9,14H2,1-3H3. The Kier molecular flexibility index (Phi) is 4.71. The number of aromatic nitrogens is 1. The van der Waals surface area contributed by atoms with Crippen molar-refractivity contribution in [3.8, 4) is 0 Å². The van der Waals surface area contributed by atoms with E-state index in [9.17, 15) is 0 Å². The van der Waals surface area contributed by atoms with Gasteiger partial charge in [-0.1, -0.05) is 31.5 Å². The van der Waals surface area contributed by atoms with Gasteiger partial charge in [0.05, 0.1) is 0 Å². The van der Waals surface area contributed by atoms with Crippen LogP contribution < -0.4 is 5.73 Å². The Hall–Kier alpha value is -0.640. The molecule has 0 spiro atoms. The second-order valence-electron chi connectivity index (χ2n) is 5.03. The monoisotopic (exact) mass is 241 g/mol. The molecule has 3 nitrogen and oxygen atoms in total. The van der Waals surface area contributed by atoms with E-state index >= 15 is 0 Å². The molecule has 1 rings (SSSR count). The lowest BCUT2D eigenvalue weighted by molar-refractivity contribution is 0.210. The third-order valence-electron chi connectivity index (χ3n) is 2.49. The van der Waals surface area contributed by atoms with Gasteiger partial charge in [0.15, 0.2) is 0 Å². The van der Waals surface area contributed by atoms with Crippen molar-refractivity contribution in [2.75, 3.05) is 20.1 Å². The summed E-state index contributed by atoms with van der Waals surface area (Å²) in [5.74, 6) is 0. The van der Waals surface area contributed by atoms with Crippen molar-refractivity contribution < 1.29 is 0 Å². The zero-order chi connectivity index (χ0) is 12.2. The minimum atomic E-state index is 0.147. The van der Waals surface area contributed by atoms with Crippen molar-refractivity contribution in [1.82, 2.24) is 9.88 Å². The SMILES string of the molecule is CN(Cc1ccc(Cl)nc1)CC(C)(C)CN. The smallest absolute Gasteiger partial charge is 0.129 e. The van der Waals surface area contributed by atoms with Crippen LogP contribution >= 0.6 is 11.6 Å². The van der Waals surface area contributed by atoms with Crippen LogP contribution in [-0.4, -0.2) is 30.0 Å². The molecule has 2 N–H and O–H groups in total. The number of nitrogens with two attached hydrogens (primary N) is 1. The lowest BCUT2D eigenvalue weighted by atomic mass is 9.93. The normalized spacial score (nSPS) is 12.1. The van der Waals surface area contributed by atoms with Crippen molar-refractivity contribution in [3.05, 3.63) is 29.0 Å². The first-order chi connectivity index (χ1) is 7.43. The summed E-state index contributed by atoms with van der Waals surface area (Å²) in [7, 11) is 2.09. The van der Waals surface area contributed by atoms with E-state index in [1.54, 1.807) is 0 Å². The summed E-state index contributed by atoms with van der Waals surface area (Å²) in [6.07, 6.45) is 1.81. The molecule has 0 saturated carbocycles. The molecule has 0 unspecified atom stereocenters. The van der Waals surface area contributed by atoms with E-state index in [0.29, 0.717) is 11.7 Å². The Morgan fingerprint density at radius 2 is 2.12 bits per heavy atom. The molecule has 90 valence electrons. The second-order valence-corrected chi connectivity index (χ2v) is 5.42. The van der Waals surface area contributed by atoms with Crippen LogP contribution in [0.1, 0.15) is 19.4 Å². The molecule has 16 heavy (non-hydrogen) atoms. The van der Waals surface area contributed by atoms with Gasteiger partial charge < -0.3 is 10.6 Å². The molecule has 0 saturated heterocycles. The number of halogens is 1. The van der Waals surface area contributed by atoms with Gasteiger partial charge in [-0.3, -0.25) is 0 Å². The summed E-state index contributed by atoms with van der Waals surface area (Å²) < 4.78 is 0. The molecule has 1 aromatic rings. The lowest BCUT2D eigenvalue weighted by Crippen LogP contribution is -2.36. The van der Waals surface area contributed by atoms with Gasteiger partial charge in [-0.25, -0.2) is 4.98 Å². The minimum Gasteiger partial charge on any atom is -0.330 e. The summed E-state index contributed by atoms with van der Waals surface area (Å²) in [6, 6.07) is 3.82. The van der Waals surface area contributed by atoms with Gasteiger partial charge in [-0.05, 0) is 30.6 Å². The van der Waals surface area contributed by atoms with Gasteiger partial charge in [-0.2, -0.15) is 0 Å². The Labute approximate surface area is 103 Å². The van der Waals surface area contributed by atoms with E-state index in [1.165, 1.54) is 5.56 Å². The largest absolute Gasteiger partial charge is 0.330 e. The molecular weight excluding hydrogens is 222 g/mol. The second kappa shape index (κ2) is 5.62. The van der Waals surface area contributed by atoms with E-state index in [4.69, 9.17) is 17.3 Å². The summed E-state index contributed by atoms with van der Waals surface area (Å²) in [5, 5.41) is 0.536. The molecule has 0 atom stereocenters. The van der Waals surface area contributed by atoms with Crippen LogP contribution in [0.2, 0.25) is 5.15 Å². The summed E-state index contributed by atoms with van der Waals surface area (Å²) in [5.41, 5.74) is 7.03. The minimum absolute atomic E-state index is 0.147. The Bertz CT molecular complexity index is 322. The zero-order valence-corrected chi connectivity index (χ0v) is 11.0. The fourth-order valence-corrected chi connectivity index (χ4v) is 1.77. The van der Waals surface area contributed by atoms with Crippen LogP contribution in [0.5, 0.6) is 0 Å². The van der Waals surface area contributed by atoms with Gasteiger partial charge >= 0.3 is 0 Å². The van der Waals surface area contributed by atoms with E-state index < -0.39 is 0 Å². The molecule has 0 radical (unpaired) electrons. The van der Waals surface area contributed by atoms with Crippen molar-refractivity contribution >= 4 is 11.6 Å². The van der Waals surface area contributed by atoms with Gasteiger partial charge in [0.25, 0.3) is 0 Å². The van der Waals surface area contributed by atoms with Gasteiger partial charge in [0, 0.05) is 19.3 Å². The maximum Gasteiger partial charge on any atom is 0.129 e. The number of pyridine rings is 1. The third kappa shape index (κ3) is 4.47. The number of nitrogens with zero attached hydrogens (tertiary/aromatic N) is 2. The lowest BCUT2D eigenvalue weighted by Gasteiger charge is -2.28. The van der Waals surface area contributed by atoms with Crippen molar-refractivity contribution in [2.45, 2.75) is 20.4 Å². The van der Waals surface area contributed by atoms with Crippen LogP contribution in [0.25, 0.3) is 0 Å². The first-order valence-corrected chi connectivity index (χ1v) is 5.80. The van der Waals surface area contributed by atoms with Crippen LogP contribution in [0.3, 0.4) is 0 Å². The number of hydrogen-bond donors (Lipinski definition) is 1. The Balaban J connectivity index is 2.51. The van der Waals surface area contributed by atoms with E-state index in [1.807, 2.05) is 18.3 Å². The predicted octanol–water partition coefficient (Wildman–Crippen LogP) is 2.15. The summed E-state index contributed by atoms with van der Waals surface area (Å²) in [6.45, 7) is 6.86. The predicted molar refractivity (Wildman–Crippen MR) is 68.4 cm³/mol. The van der Waals surface area contributed by atoms with Crippen molar-refractivity contribution in [3.63, 3.8) is 0 Å². The fourth-order valence-electron chi connectivity index (χ4n) is 1.66. The highest BCUT2D eigenvalue weighted by atomic mass is 35.5. The molecule has 4 heteroatoms. The van der Waals surface area contributed by atoms with Crippen LogP contribution in [0, 0.1) is 5.41 Å². The summed E-state index contributed by atoms with van der Waals surface area (Å²) in [4.78, 5) is 6.31. The molecule has 0 aliphatic heterocycles. The van der Waals surface area contributed by atoms with Crippen LogP contribution in [0.4, 0.5) is 0 Å². The highest BCUT2D eigenvalue weighted by Gasteiger charge is 2.17. The average molecular weight is 242 g/mol. The topological polar surface area (TPSA) is 42.2 Å². The maximum absolute atomic E-state index is 5.74. The molecular formula is C12H20ClN3. The van der Waals surface area contributed by atoms with Gasteiger partial charge in [-0.15, -0.1) is 0 Å². The molecule has 0 bridgehead atoms. The highest BCUT2D eigenvalue weighted by molar-refractivity contribution is 6.29. The zero-order valence-electron chi connectivity index (χ0n) is 10.2. The third-order valence-corrected chi connectivity index (χ3v) is 2.72.